The van der Waals surface area contributed by atoms with Gasteiger partial charge in [-0.25, -0.2) is 9.37 Å². The number of nitrogens with zero attached hydrogens (tertiary/aromatic N) is 2. The van der Waals surface area contributed by atoms with Crippen molar-refractivity contribution in [2.24, 2.45) is 0 Å². The van der Waals surface area contributed by atoms with E-state index in [1.807, 2.05) is 0 Å². The fourth-order valence-corrected chi connectivity index (χ4v) is 3.15. The van der Waals surface area contributed by atoms with Gasteiger partial charge in [0.15, 0.2) is 5.13 Å². The maximum absolute atomic E-state index is 14.0. The number of benzene rings is 1. The second-order valence-electron chi connectivity index (χ2n) is 5.69. The summed E-state index contributed by atoms with van der Waals surface area (Å²) in [7, 11) is 0. The van der Waals surface area contributed by atoms with Crippen LogP contribution in [-0.4, -0.2) is 23.3 Å². The van der Waals surface area contributed by atoms with Gasteiger partial charge in [0.1, 0.15) is 5.82 Å². The molecule has 0 fully saturated rings. The number of amides is 2. The van der Waals surface area contributed by atoms with Crippen molar-refractivity contribution in [2.75, 3.05) is 11.4 Å². The lowest BCUT2D eigenvalue weighted by molar-refractivity contribution is -0.117. The molecule has 138 valence electrons. The van der Waals surface area contributed by atoms with E-state index in [1.165, 1.54) is 41.4 Å². The van der Waals surface area contributed by atoms with Gasteiger partial charge in [0.25, 0.3) is 0 Å². The zero-order valence-corrected chi connectivity index (χ0v) is 15.7. The summed E-state index contributed by atoms with van der Waals surface area (Å²) in [5.41, 5.74) is 0.690. The molecule has 2 rings (SSSR count). The minimum absolute atomic E-state index is 0.151. The van der Waals surface area contributed by atoms with E-state index >= 15 is 0 Å². The number of hydrogen-bond donors (Lipinski definition) is 1. The highest BCUT2D eigenvalue weighted by Crippen LogP contribution is 2.30. The molecular weight excluding hydrogens is 353 g/mol. The molecule has 0 aliphatic rings. The topological polar surface area (TPSA) is 62.3 Å². The Morgan fingerprint density at radius 2 is 2.08 bits per heavy atom. The van der Waals surface area contributed by atoms with Crippen LogP contribution in [0.1, 0.15) is 38.8 Å². The molecule has 1 N–H and O–H groups in total. The first kappa shape index (κ1) is 19.8. The minimum Gasteiger partial charge on any atom is -0.353 e. The summed E-state index contributed by atoms with van der Waals surface area (Å²) in [5, 5.41) is 4.87. The Balaban J connectivity index is 2.07. The van der Waals surface area contributed by atoms with Gasteiger partial charge in [0.2, 0.25) is 11.8 Å². The molecule has 0 unspecified atom stereocenters. The molecule has 2 aromatic rings. The molecule has 0 saturated carbocycles. The Hall–Kier alpha value is -2.54. The second-order valence-corrected chi connectivity index (χ2v) is 6.53. The molecule has 0 atom stereocenters. The molecule has 0 radical (unpaired) electrons. The Morgan fingerprint density at radius 3 is 2.77 bits per heavy atom. The molecular formula is C19H22FN3O2S. The van der Waals surface area contributed by atoms with Gasteiger partial charge in [-0.05, 0) is 24.6 Å². The van der Waals surface area contributed by atoms with Crippen LogP contribution >= 0.6 is 11.3 Å². The number of hydrogen-bond acceptors (Lipinski definition) is 4. The highest BCUT2D eigenvalue weighted by molar-refractivity contribution is 7.14. The van der Waals surface area contributed by atoms with Crippen LogP contribution in [-0.2, 0) is 9.59 Å². The average molecular weight is 375 g/mol. The summed E-state index contributed by atoms with van der Waals surface area (Å²) in [6.07, 6.45) is 6.12. The van der Waals surface area contributed by atoms with Crippen LogP contribution in [0, 0.1) is 5.82 Å². The molecule has 1 heterocycles. The Bertz CT molecular complexity index is 789. The van der Waals surface area contributed by atoms with Crippen molar-refractivity contribution in [1.29, 1.82) is 0 Å². The standard InChI is InChI=1S/C19H22FN3O2S/c1-3-4-7-12-21-18(25)11-10-15-13-26-19(22-15)23(14(2)24)17-9-6-5-8-16(17)20/h5-6,8-11,13H,3-4,7,12H2,1-2H3,(H,21,25)/b11-10+. The summed E-state index contributed by atoms with van der Waals surface area (Å²) in [6, 6.07) is 6.04. The molecule has 5 nitrogen and oxygen atoms in total. The van der Waals surface area contributed by atoms with Crippen molar-refractivity contribution < 1.29 is 14.0 Å². The molecule has 2 amide bonds. The van der Waals surface area contributed by atoms with Crippen molar-refractivity contribution in [3.05, 3.63) is 47.2 Å². The number of carbonyl (C=O) groups is 2. The predicted molar refractivity (Wildman–Crippen MR) is 103 cm³/mol. The Labute approximate surface area is 156 Å². The molecule has 0 saturated heterocycles. The third-order valence-electron chi connectivity index (χ3n) is 3.59. The zero-order chi connectivity index (χ0) is 18.9. The maximum Gasteiger partial charge on any atom is 0.244 e. The summed E-state index contributed by atoms with van der Waals surface area (Å²) in [5.74, 6) is -1.02. The number of halogens is 1. The highest BCUT2D eigenvalue weighted by Gasteiger charge is 2.20. The molecule has 1 aromatic carbocycles. The van der Waals surface area contributed by atoms with E-state index in [-0.39, 0.29) is 17.5 Å². The fourth-order valence-electron chi connectivity index (χ4n) is 2.30. The third-order valence-corrected chi connectivity index (χ3v) is 4.44. The number of unbranched alkanes of at least 4 members (excludes halogenated alkanes) is 2. The first-order valence-electron chi connectivity index (χ1n) is 8.49. The van der Waals surface area contributed by atoms with Gasteiger partial charge < -0.3 is 5.32 Å². The minimum atomic E-state index is -0.499. The molecule has 0 aliphatic carbocycles. The van der Waals surface area contributed by atoms with Gasteiger partial charge in [-0.3, -0.25) is 14.5 Å². The highest BCUT2D eigenvalue weighted by atomic mass is 32.1. The second kappa shape index (κ2) is 9.82. The van der Waals surface area contributed by atoms with Gasteiger partial charge in [-0.15, -0.1) is 11.3 Å². The number of nitrogens with one attached hydrogen (secondary N) is 1. The van der Waals surface area contributed by atoms with Crippen LogP contribution < -0.4 is 10.2 Å². The normalized spacial score (nSPS) is 10.9. The first-order chi connectivity index (χ1) is 12.5. The third kappa shape index (κ3) is 5.49. The van der Waals surface area contributed by atoms with Crippen LogP contribution in [0.2, 0.25) is 0 Å². The molecule has 0 aliphatic heterocycles. The van der Waals surface area contributed by atoms with E-state index in [0.29, 0.717) is 17.4 Å². The first-order valence-corrected chi connectivity index (χ1v) is 9.37. The SMILES string of the molecule is CCCCCNC(=O)/C=C/c1csc(N(C(C)=O)c2ccccc2F)n1. The van der Waals surface area contributed by atoms with Crippen LogP contribution in [0.5, 0.6) is 0 Å². The average Bonchev–Trinajstić information content (AvgIpc) is 3.07. The van der Waals surface area contributed by atoms with Gasteiger partial charge >= 0.3 is 0 Å². The predicted octanol–water partition coefficient (Wildman–Crippen LogP) is 4.29. The molecule has 26 heavy (non-hydrogen) atoms. The Kier molecular flexibility index (Phi) is 7.47. The molecule has 1 aromatic heterocycles. The van der Waals surface area contributed by atoms with E-state index in [0.717, 1.165) is 19.3 Å². The fraction of sp³-hybridized carbons (Fsp3) is 0.316. The van der Waals surface area contributed by atoms with E-state index in [1.54, 1.807) is 23.6 Å². The summed E-state index contributed by atoms with van der Waals surface area (Å²) < 4.78 is 14.0. The smallest absolute Gasteiger partial charge is 0.244 e. The lowest BCUT2D eigenvalue weighted by Gasteiger charge is -2.18. The lowest BCUT2D eigenvalue weighted by atomic mass is 10.2. The lowest BCUT2D eigenvalue weighted by Crippen LogP contribution is -2.23. The number of para-hydroxylation sites is 1. The number of rotatable bonds is 8. The maximum atomic E-state index is 14.0. The number of thiazole rings is 1. The summed E-state index contributed by atoms with van der Waals surface area (Å²) >= 11 is 1.21. The molecule has 0 spiro atoms. The zero-order valence-electron chi connectivity index (χ0n) is 14.9. The van der Waals surface area contributed by atoms with Crippen LogP contribution in [0.15, 0.2) is 35.7 Å². The van der Waals surface area contributed by atoms with Crippen molar-refractivity contribution in [3.63, 3.8) is 0 Å². The molecule has 7 heteroatoms. The number of carbonyl (C=O) groups excluding carboxylic acids is 2. The van der Waals surface area contributed by atoms with Gasteiger partial charge in [-0.2, -0.15) is 0 Å². The summed E-state index contributed by atoms with van der Waals surface area (Å²) in [4.78, 5) is 29.3. The quantitative estimate of drug-likeness (QED) is 0.553. The Morgan fingerprint density at radius 1 is 1.31 bits per heavy atom. The van der Waals surface area contributed by atoms with Crippen LogP contribution in [0.4, 0.5) is 15.2 Å². The van der Waals surface area contributed by atoms with Crippen molar-refractivity contribution >= 4 is 40.0 Å². The molecule has 0 bridgehead atoms. The van der Waals surface area contributed by atoms with Gasteiger partial charge in [0.05, 0.1) is 11.4 Å². The number of aromatic nitrogens is 1. The summed E-state index contributed by atoms with van der Waals surface area (Å²) in [6.45, 7) is 4.10. The van der Waals surface area contributed by atoms with Crippen LogP contribution in [0.25, 0.3) is 6.08 Å². The number of anilines is 2. The van der Waals surface area contributed by atoms with E-state index in [4.69, 9.17) is 0 Å². The monoisotopic (exact) mass is 375 g/mol. The van der Waals surface area contributed by atoms with Crippen molar-refractivity contribution in [1.82, 2.24) is 10.3 Å². The van der Waals surface area contributed by atoms with E-state index in [2.05, 4.69) is 17.2 Å². The van der Waals surface area contributed by atoms with E-state index < -0.39 is 5.82 Å². The van der Waals surface area contributed by atoms with Gasteiger partial charge in [0, 0.05) is 24.9 Å². The van der Waals surface area contributed by atoms with Gasteiger partial charge in [-0.1, -0.05) is 31.9 Å². The largest absolute Gasteiger partial charge is 0.353 e. The van der Waals surface area contributed by atoms with E-state index in [9.17, 15) is 14.0 Å². The van der Waals surface area contributed by atoms with Crippen molar-refractivity contribution in [2.45, 2.75) is 33.1 Å². The van der Waals surface area contributed by atoms with Crippen molar-refractivity contribution in [3.8, 4) is 0 Å². The van der Waals surface area contributed by atoms with Crippen LogP contribution in [0.3, 0.4) is 0 Å².